The molecule has 0 unspecified atom stereocenters. The Morgan fingerprint density at radius 2 is 0.920 bits per heavy atom. The summed E-state index contributed by atoms with van der Waals surface area (Å²) >= 11 is 6.44. The average molecular weight is 684 g/mol. The number of nitrogens with zero attached hydrogens (tertiary/aromatic N) is 1. The van der Waals surface area contributed by atoms with Crippen LogP contribution in [0.4, 0.5) is 0 Å². The molecule has 0 radical (unpaired) electrons. The molecule has 0 fully saturated rings. The average Bonchev–Trinajstić information content (AvgIpc) is 3.50. The van der Waals surface area contributed by atoms with Gasteiger partial charge in [0.25, 0.3) is 0 Å². The van der Waals surface area contributed by atoms with E-state index in [0.29, 0.717) is 0 Å². The number of benzene rings is 8. The van der Waals surface area contributed by atoms with E-state index in [1.165, 1.54) is 76.9 Å². The third-order valence-electron chi connectivity index (χ3n) is 9.00. The van der Waals surface area contributed by atoms with Crippen LogP contribution in [0, 0.1) is 20.8 Å². The molecular formula is C47H41NS2. The first-order chi connectivity index (χ1) is 24.5. The van der Waals surface area contributed by atoms with E-state index in [1.807, 2.05) is 18.2 Å². The lowest BCUT2D eigenvalue weighted by atomic mass is 10.0. The van der Waals surface area contributed by atoms with Crippen molar-refractivity contribution in [2.45, 2.75) is 20.8 Å². The van der Waals surface area contributed by atoms with Crippen LogP contribution < -0.4 is 0 Å². The third kappa shape index (κ3) is 7.81. The van der Waals surface area contributed by atoms with Crippen molar-refractivity contribution in [3.8, 4) is 16.8 Å². The van der Waals surface area contributed by atoms with E-state index in [2.05, 4.69) is 212 Å². The summed E-state index contributed by atoms with van der Waals surface area (Å²) in [6.45, 7) is 6.35. The first-order valence-electron chi connectivity index (χ1n) is 16.8. The number of thiol groups is 2. The molecule has 8 aromatic carbocycles. The van der Waals surface area contributed by atoms with E-state index >= 15 is 0 Å². The minimum absolute atomic E-state index is 1.20. The van der Waals surface area contributed by atoms with Crippen molar-refractivity contribution in [2.75, 3.05) is 0 Å². The molecule has 0 bridgehead atoms. The molecule has 50 heavy (non-hydrogen) atoms. The van der Waals surface area contributed by atoms with Gasteiger partial charge in [0.05, 0.1) is 11.0 Å². The summed E-state index contributed by atoms with van der Waals surface area (Å²) in [6.07, 6.45) is 0. The first-order valence-corrected chi connectivity index (χ1v) is 18.4. The fourth-order valence-corrected chi connectivity index (χ4v) is 6.41. The number of hydrogen-bond donors (Lipinski definition) is 2. The fourth-order valence-electron chi connectivity index (χ4n) is 6.41. The summed E-state index contributed by atoms with van der Waals surface area (Å²) in [5.41, 5.74) is 10.1. The molecule has 9 rings (SSSR count). The summed E-state index contributed by atoms with van der Waals surface area (Å²) < 4.78 is 2.38. The van der Waals surface area contributed by atoms with Crippen molar-refractivity contribution in [3.63, 3.8) is 0 Å². The molecule has 1 nitrogen and oxygen atoms in total. The number of para-hydroxylation sites is 1. The lowest BCUT2D eigenvalue weighted by Crippen LogP contribution is -1.93. The molecule has 0 saturated carbocycles. The second kappa shape index (κ2) is 16.5. The van der Waals surface area contributed by atoms with E-state index < -0.39 is 0 Å². The smallest absolute Gasteiger partial charge is 0.0541 e. The third-order valence-corrected chi connectivity index (χ3v) is 9.00. The Labute approximate surface area is 306 Å². The molecule has 3 heteroatoms. The Balaban J connectivity index is 0.000000176. The monoisotopic (exact) mass is 683 g/mol. The van der Waals surface area contributed by atoms with Gasteiger partial charge in [-0.3, -0.25) is 0 Å². The zero-order valence-electron chi connectivity index (χ0n) is 28.7. The maximum absolute atomic E-state index is 3.22. The summed E-state index contributed by atoms with van der Waals surface area (Å²) in [7, 11) is 0. The fraction of sp³-hybridized carbons (Fsp3) is 0.0638. The van der Waals surface area contributed by atoms with Gasteiger partial charge in [-0.05, 0) is 89.3 Å². The van der Waals surface area contributed by atoms with Crippen LogP contribution in [0.15, 0.2) is 182 Å². The number of hydrogen-bond acceptors (Lipinski definition) is 2. The van der Waals surface area contributed by atoms with Gasteiger partial charge in [0.1, 0.15) is 0 Å². The molecule has 9 aromatic rings. The molecule has 0 amide bonds. The Bertz CT molecular complexity index is 2470. The number of rotatable bonds is 2. The molecule has 0 aliphatic heterocycles. The molecule has 0 aliphatic carbocycles. The van der Waals surface area contributed by atoms with Gasteiger partial charge in [-0.25, -0.2) is 0 Å². The molecule has 0 N–H and O–H groups in total. The van der Waals surface area contributed by atoms with Gasteiger partial charge in [-0.1, -0.05) is 163 Å². The summed E-state index contributed by atoms with van der Waals surface area (Å²) in [4.78, 5) is 0. The number of aryl methyl sites for hydroxylation is 3. The Morgan fingerprint density at radius 3 is 1.62 bits per heavy atom. The zero-order valence-corrected chi connectivity index (χ0v) is 30.5. The summed E-state index contributed by atoms with van der Waals surface area (Å²) in [5, 5.41) is 7.79. The molecule has 0 spiro atoms. The maximum atomic E-state index is 3.22. The quantitative estimate of drug-likeness (QED) is 0.132. The van der Waals surface area contributed by atoms with Crippen molar-refractivity contribution in [1.29, 1.82) is 0 Å². The van der Waals surface area contributed by atoms with Crippen molar-refractivity contribution in [1.82, 2.24) is 4.57 Å². The lowest BCUT2D eigenvalue weighted by Gasteiger charge is -2.10. The highest BCUT2D eigenvalue weighted by Gasteiger charge is 2.13. The number of fused-ring (bicyclic) bond motifs is 5. The Morgan fingerprint density at radius 1 is 0.360 bits per heavy atom. The normalized spacial score (nSPS) is 10.5. The van der Waals surface area contributed by atoms with Crippen LogP contribution in [0.25, 0.3) is 60.2 Å². The maximum Gasteiger partial charge on any atom is 0.0541 e. The van der Waals surface area contributed by atoms with Crippen molar-refractivity contribution >= 4 is 66.7 Å². The molecule has 0 saturated heterocycles. The van der Waals surface area contributed by atoms with Gasteiger partial charge in [0.15, 0.2) is 0 Å². The van der Waals surface area contributed by atoms with Crippen molar-refractivity contribution in [3.05, 3.63) is 199 Å². The van der Waals surface area contributed by atoms with Crippen LogP contribution in [0.3, 0.4) is 0 Å². The van der Waals surface area contributed by atoms with Gasteiger partial charge in [-0.2, -0.15) is 0 Å². The molecule has 0 atom stereocenters. The lowest BCUT2D eigenvalue weighted by molar-refractivity contribution is 1.19. The summed E-state index contributed by atoms with van der Waals surface area (Å²) in [6, 6.07) is 64.7. The van der Waals surface area contributed by atoms with Crippen LogP contribution in [0.1, 0.15) is 16.7 Å². The van der Waals surface area contributed by atoms with E-state index in [-0.39, 0.29) is 0 Å². The predicted octanol–water partition coefficient (Wildman–Crippen LogP) is 13.8. The standard InChI is InChI=1S/C29H21N.C11H10.C7H8.H2S2/c1-20-10-12-22(13-11-20)24-15-17-29-27(19-24)26-8-4-5-9-28(26)30(29)25-16-14-21-6-2-3-7-23(21)18-25;1-9-5-4-7-10-6-2-3-8-11(9)10;1-7-5-3-2-4-6-7;1-2/h2-19H,1H3;2-8H,1H3;2-6H,1H3;1-2H. The van der Waals surface area contributed by atoms with E-state index in [0.717, 1.165) is 0 Å². The second-order valence-electron chi connectivity index (χ2n) is 12.4. The Kier molecular flexibility index (Phi) is 11.4. The molecule has 1 heterocycles. The topological polar surface area (TPSA) is 4.93 Å². The van der Waals surface area contributed by atoms with E-state index in [4.69, 9.17) is 0 Å². The highest BCUT2D eigenvalue weighted by molar-refractivity contribution is 8.59. The predicted molar refractivity (Wildman–Crippen MR) is 226 cm³/mol. The molecular weight excluding hydrogens is 643 g/mol. The zero-order chi connectivity index (χ0) is 34.9. The van der Waals surface area contributed by atoms with Gasteiger partial charge in [0.2, 0.25) is 0 Å². The van der Waals surface area contributed by atoms with Crippen LogP contribution in [0.2, 0.25) is 0 Å². The summed E-state index contributed by atoms with van der Waals surface area (Å²) in [5.74, 6) is 0. The van der Waals surface area contributed by atoms with Crippen LogP contribution >= 0.6 is 23.3 Å². The van der Waals surface area contributed by atoms with Gasteiger partial charge < -0.3 is 4.57 Å². The minimum atomic E-state index is 1.20. The SMILES string of the molecule is Cc1ccc(-c2ccc3c(c2)c2ccccc2n3-c2ccc3ccccc3c2)cc1.Cc1cccc2ccccc12.Cc1ccccc1.SS. The van der Waals surface area contributed by atoms with E-state index in [1.54, 1.807) is 0 Å². The Hall–Kier alpha value is -5.22. The minimum Gasteiger partial charge on any atom is -0.309 e. The molecule has 0 aliphatic rings. The highest BCUT2D eigenvalue weighted by atomic mass is 33.1. The van der Waals surface area contributed by atoms with Gasteiger partial charge in [0, 0.05) is 16.5 Å². The van der Waals surface area contributed by atoms with Gasteiger partial charge >= 0.3 is 0 Å². The van der Waals surface area contributed by atoms with Crippen LogP contribution in [0.5, 0.6) is 0 Å². The van der Waals surface area contributed by atoms with Gasteiger partial charge in [-0.15, -0.1) is 23.3 Å². The second-order valence-corrected chi connectivity index (χ2v) is 12.4. The first kappa shape index (κ1) is 34.6. The number of aromatic nitrogens is 1. The molecule has 1 aromatic heterocycles. The highest BCUT2D eigenvalue weighted by Crippen LogP contribution is 2.35. The van der Waals surface area contributed by atoms with E-state index in [9.17, 15) is 0 Å². The van der Waals surface area contributed by atoms with Crippen LogP contribution in [-0.2, 0) is 0 Å². The largest absolute Gasteiger partial charge is 0.309 e. The van der Waals surface area contributed by atoms with Crippen LogP contribution in [-0.4, -0.2) is 4.57 Å². The van der Waals surface area contributed by atoms with Crippen molar-refractivity contribution < 1.29 is 0 Å². The molecule has 246 valence electrons. The van der Waals surface area contributed by atoms with Crippen molar-refractivity contribution in [2.24, 2.45) is 0 Å².